The van der Waals surface area contributed by atoms with Gasteiger partial charge in [0.2, 0.25) is 5.91 Å². The van der Waals surface area contributed by atoms with Gasteiger partial charge in [0.25, 0.3) is 5.56 Å². The zero-order chi connectivity index (χ0) is 20.4. The molecule has 0 bridgehead atoms. The molecule has 0 spiro atoms. The molecule has 0 radical (unpaired) electrons. The number of rotatable bonds is 5. The average molecular weight is 403 g/mol. The minimum Gasteiger partial charge on any atom is -0.462 e. The number of ether oxygens (including phenoxy) is 1. The summed E-state index contributed by atoms with van der Waals surface area (Å²) >= 11 is 1.26. The highest BCUT2D eigenvalue weighted by molar-refractivity contribution is 7.16. The van der Waals surface area contributed by atoms with E-state index in [2.05, 4.69) is 10.3 Å². The number of nitrogens with zero attached hydrogens (tertiary/aromatic N) is 2. The summed E-state index contributed by atoms with van der Waals surface area (Å²) < 4.78 is 19.6. The Morgan fingerprint density at radius 3 is 2.79 bits per heavy atom. The summed E-state index contributed by atoms with van der Waals surface area (Å²) in [7, 11) is 0. The van der Waals surface area contributed by atoms with E-state index in [-0.39, 0.29) is 18.5 Å². The molecule has 1 aromatic carbocycles. The Morgan fingerprint density at radius 1 is 1.32 bits per heavy atom. The van der Waals surface area contributed by atoms with Crippen LogP contribution in [-0.2, 0) is 16.1 Å². The first kappa shape index (κ1) is 19.7. The van der Waals surface area contributed by atoms with Crippen LogP contribution >= 0.6 is 11.3 Å². The van der Waals surface area contributed by atoms with Crippen LogP contribution in [0.25, 0.3) is 10.9 Å². The Morgan fingerprint density at radius 2 is 2.07 bits per heavy atom. The molecule has 0 aliphatic rings. The molecule has 0 fully saturated rings. The zero-order valence-electron chi connectivity index (χ0n) is 15.5. The maximum Gasteiger partial charge on any atom is 0.341 e. The number of esters is 1. The molecule has 2 aromatic heterocycles. The third-order valence-corrected chi connectivity index (χ3v) is 5.34. The molecule has 28 heavy (non-hydrogen) atoms. The van der Waals surface area contributed by atoms with E-state index >= 15 is 0 Å². The maximum atomic E-state index is 13.4. The summed E-state index contributed by atoms with van der Waals surface area (Å²) in [4.78, 5) is 42.1. The third-order valence-electron chi connectivity index (χ3n) is 4.22. The van der Waals surface area contributed by atoms with Crippen LogP contribution in [0.4, 0.5) is 9.39 Å². The summed E-state index contributed by atoms with van der Waals surface area (Å²) in [6, 6.07) is 3.70. The summed E-state index contributed by atoms with van der Waals surface area (Å²) in [5.41, 5.74) is 0.864. The molecule has 0 saturated heterocycles. The van der Waals surface area contributed by atoms with E-state index in [0.29, 0.717) is 16.1 Å². The van der Waals surface area contributed by atoms with Gasteiger partial charge in [0.05, 0.1) is 29.4 Å². The fraction of sp³-hybridized carbons (Fsp3) is 0.263. The number of aryl methyl sites for hydroxylation is 1. The number of benzene rings is 1. The van der Waals surface area contributed by atoms with E-state index in [4.69, 9.17) is 4.74 Å². The quantitative estimate of drug-likeness (QED) is 0.662. The topological polar surface area (TPSA) is 90.3 Å². The number of anilines is 1. The van der Waals surface area contributed by atoms with Crippen molar-refractivity contribution in [2.45, 2.75) is 27.3 Å². The van der Waals surface area contributed by atoms with Gasteiger partial charge >= 0.3 is 5.97 Å². The number of hydrogen-bond donors (Lipinski definition) is 1. The molecular weight excluding hydrogens is 385 g/mol. The Bertz CT molecular complexity index is 1140. The van der Waals surface area contributed by atoms with Gasteiger partial charge in [0.15, 0.2) is 0 Å². The number of nitrogens with one attached hydrogen (secondary N) is 1. The van der Waals surface area contributed by atoms with Crippen molar-refractivity contribution in [1.29, 1.82) is 0 Å². The SMILES string of the molecule is CCOC(=O)c1c(NC(=O)Cn2cnc3ccc(F)cc3c2=O)sc(C)c1C. The van der Waals surface area contributed by atoms with Crippen molar-refractivity contribution in [3.63, 3.8) is 0 Å². The van der Waals surface area contributed by atoms with Crippen molar-refractivity contribution < 1.29 is 18.7 Å². The number of aromatic nitrogens is 2. The number of hydrogen-bond acceptors (Lipinski definition) is 6. The van der Waals surface area contributed by atoms with Crippen LogP contribution in [0, 0.1) is 19.7 Å². The lowest BCUT2D eigenvalue weighted by molar-refractivity contribution is -0.116. The zero-order valence-corrected chi connectivity index (χ0v) is 16.4. The number of thiophene rings is 1. The van der Waals surface area contributed by atoms with Crippen LogP contribution in [0.1, 0.15) is 27.7 Å². The molecule has 2 heterocycles. The molecule has 146 valence electrons. The third kappa shape index (κ3) is 3.79. The Balaban J connectivity index is 1.87. The number of amides is 1. The van der Waals surface area contributed by atoms with Crippen LogP contribution in [0.5, 0.6) is 0 Å². The van der Waals surface area contributed by atoms with Crippen LogP contribution in [0.15, 0.2) is 29.3 Å². The van der Waals surface area contributed by atoms with E-state index in [1.165, 1.54) is 29.8 Å². The van der Waals surface area contributed by atoms with E-state index < -0.39 is 23.3 Å². The molecule has 7 nitrogen and oxygen atoms in total. The van der Waals surface area contributed by atoms with E-state index in [1.807, 2.05) is 6.92 Å². The van der Waals surface area contributed by atoms with Gasteiger partial charge in [-0.05, 0) is 44.5 Å². The molecule has 3 rings (SSSR count). The molecule has 0 unspecified atom stereocenters. The first-order valence-electron chi connectivity index (χ1n) is 8.53. The van der Waals surface area contributed by atoms with Crippen molar-refractivity contribution >= 4 is 39.1 Å². The summed E-state index contributed by atoms with van der Waals surface area (Å²) in [5, 5.41) is 3.12. The van der Waals surface area contributed by atoms with Crippen molar-refractivity contribution in [3.8, 4) is 0 Å². The van der Waals surface area contributed by atoms with Crippen LogP contribution in [0.3, 0.4) is 0 Å². The van der Waals surface area contributed by atoms with Crippen LogP contribution < -0.4 is 10.9 Å². The van der Waals surface area contributed by atoms with Crippen molar-refractivity contribution in [2.75, 3.05) is 11.9 Å². The Hall–Kier alpha value is -3.07. The van der Waals surface area contributed by atoms with Gasteiger partial charge in [-0.25, -0.2) is 14.2 Å². The van der Waals surface area contributed by atoms with E-state index in [0.717, 1.165) is 21.1 Å². The minimum absolute atomic E-state index is 0.0883. The lowest BCUT2D eigenvalue weighted by Gasteiger charge is -2.09. The number of halogens is 1. The molecule has 1 amide bonds. The van der Waals surface area contributed by atoms with Crippen molar-refractivity contribution in [1.82, 2.24) is 9.55 Å². The van der Waals surface area contributed by atoms with Crippen LogP contribution in [-0.4, -0.2) is 28.0 Å². The Labute approximate surface area is 163 Å². The molecule has 0 saturated carbocycles. The second-order valence-electron chi connectivity index (χ2n) is 6.10. The predicted molar refractivity (Wildman–Crippen MR) is 104 cm³/mol. The lowest BCUT2D eigenvalue weighted by atomic mass is 10.1. The van der Waals surface area contributed by atoms with Gasteiger partial charge in [0, 0.05) is 4.88 Å². The summed E-state index contributed by atoms with van der Waals surface area (Å²) in [6.07, 6.45) is 1.24. The van der Waals surface area contributed by atoms with Gasteiger partial charge in [0.1, 0.15) is 17.4 Å². The van der Waals surface area contributed by atoms with Crippen molar-refractivity contribution in [2.24, 2.45) is 0 Å². The fourth-order valence-electron chi connectivity index (χ4n) is 2.73. The van der Waals surface area contributed by atoms with Gasteiger partial charge in [-0.2, -0.15) is 0 Å². The van der Waals surface area contributed by atoms with Crippen molar-refractivity contribution in [3.05, 3.63) is 56.7 Å². The molecule has 9 heteroatoms. The molecular formula is C19H18FN3O4S. The molecule has 3 aromatic rings. The van der Waals surface area contributed by atoms with Gasteiger partial charge in [-0.15, -0.1) is 11.3 Å². The smallest absolute Gasteiger partial charge is 0.341 e. The number of fused-ring (bicyclic) bond motifs is 1. The highest BCUT2D eigenvalue weighted by atomic mass is 32.1. The molecule has 1 N–H and O–H groups in total. The molecule has 0 aliphatic heterocycles. The summed E-state index contributed by atoms with van der Waals surface area (Å²) in [5.74, 6) is -1.58. The first-order valence-corrected chi connectivity index (χ1v) is 9.35. The minimum atomic E-state index is -0.558. The first-order chi connectivity index (χ1) is 13.3. The largest absolute Gasteiger partial charge is 0.462 e. The molecule has 0 aliphatic carbocycles. The fourth-order valence-corrected chi connectivity index (χ4v) is 3.79. The normalized spacial score (nSPS) is 10.9. The van der Waals surface area contributed by atoms with E-state index in [9.17, 15) is 18.8 Å². The lowest BCUT2D eigenvalue weighted by Crippen LogP contribution is -2.28. The van der Waals surface area contributed by atoms with Crippen LogP contribution in [0.2, 0.25) is 0 Å². The second-order valence-corrected chi connectivity index (χ2v) is 7.32. The Kier molecular flexibility index (Phi) is 5.55. The average Bonchev–Trinajstić information content (AvgIpc) is 2.91. The van der Waals surface area contributed by atoms with Gasteiger partial charge in [-0.3, -0.25) is 14.2 Å². The summed E-state index contributed by atoms with van der Waals surface area (Å²) in [6.45, 7) is 5.21. The van der Waals surface area contributed by atoms with E-state index in [1.54, 1.807) is 13.8 Å². The highest BCUT2D eigenvalue weighted by Gasteiger charge is 2.22. The monoisotopic (exact) mass is 403 g/mol. The predicted octanol–water partition coefficient (Wildman–Crippen LogP) is 3.03. The number of carbonyl (C=O) groups is 2. The highest BCUT2D eigenvalue weighted by Crippen LogP contribution is 2.33. The van der Waals surface area contributed by atoms with Gasteiger partial charge < -0.3 is 10.1 Å². The standard InChI is InChI=1S/C19H18FN3O4S/c1-4-27-19(26)16-10(2)11(3)28-17(16)22-15(24)8-23-9-21-14-6-5-12(20)7-13(14)18(23)25/h5-7,9H,4,8H2,1-3H3,(H,22,24). The number of carbonyl (C=O) groups excluding carboxylic acids is 2. The second kappa shape index (κ2) is 7.89. The molecule has 0 atom stereocenters. The maximum absolute atomic E-state index is 13.4. The van der Waals surface area contributed by atoms with Gasteiger partial charge in [-0.1, -0.05) is 0 Å².